The summed E-state index contributed by atoms with van der Waals surface area (Å²) in [6.45, 7) is 4.27. The molecule has 13 heavy (non-hydrogen) atoms. The summed E-state index contributed by atoms with van der Waals surface area (Å²) in [4.78, 5) is 0. The van der Waals surface area contributed by atoms with Gasteiger partial charge in [-0.2, -0.15) is 0 Å². The van der Waals surface area contributed by atoms with Crippen LogP contribution in [0, 0.1) is 5.41 Å². The molecular formula is C12H16O. The molecule has 0 aliphatic heterocycles. The van der Waals surface area contributed by atoms with Gasteiger partial charge < -0.3 is 5.11 Å². The van der Waals surface area contributed by atoms with Crippen LogP contribution in [0.4, 0.5) is 0 Å². The van der Waals surface area contributed by atoms with Crippen molar-refractivity contribution in [1.29, 1.82) is 0 Å². The van der Waals surface area contributed by atoms with Crippen LogP contribution < -0.4 is 0 Å². The fraction of sp³-hybridized carbons (Fsp3) is 0.500. The van der Waals surface area contributed by atoms with Crippen LogP contribution in [0.25, 0.3) is 0 Å². The Bertz CT molecular complexity index is 315. The molecule has 0 radical (unpaired) electrons. The van der Waals surface area contributed by atoms with Crippen molar-refractivity contribution in [3.8, 4) is 0 Å². The normalized spacial score (nSPS) is 25.3. The molecule has 2 rings (SSSR count). The monoisotopic (exact) mass is 176 g/mol. The fourth-order valence-electron chi connectivity index (χ4n) is 2.02. The first-order valence-corrected chi connectivity index (χ1v) is 4.84. The molecule has 1 atom stereocenters. The van der Waals surface area contributed by atoms with Crippen molar-refractivity contribution in [2.75, 3.05) is 0 Å². The lowest BCUT2D eigenvalue weighted by molar-refractivity contribution is 0.0426. The molecule has 1 aliphatic rings. The van der Waals surface area contributed by atoms with Crippen LogP contribution in [-0.2, 0) is 12.8 Å². The van der Waals surface area contributed by atoms with Gasteiger partial charge in [-0.15, -0.1) is 0 Å². The van der Waals surface area contributed by atoms with Crippen LogP contribution in [0.15, 0.2) is 24.3 Å². The molecule has 1 nitrogen and oxygen atoms in total. The van der Waals surface area contributed by atoms with E-state index in [4.69, 9.17) is 0 Å². The van der Waals surface area contributed by atoms with E-state index in [2.05, 4.69) is 32.0 Å². The molecule has 0 saturated carbocycles. The Hall–Kier alpha value is -0.820. The van der Waals surface area contributed by atoms with Crippen molar-refractivity contribution < 1.29 is 5.11 Å². The van der Waals surface area contributed by atoms with Gasteiger partial charge >= 0.3 is 0 Å². The SMILES string of the molecule is CC1(C)Cc2ccccc2C[C@H]1O. The van der Waals surface area contributed by atoms with Crippen LogP contribution in [-0.4, -0.2) is 11.2 Å². The highest BCUT2D eigenvalue weighted by atomic mass is 16.3. The number of aliphatic hydroxyl groups excluding tert-OH is 1. The predicted octanol–water partition coefficient (Wildman–Crippen LogP) is 2.17. The number of rotatable bonds is 0. The summed E-state index contributed by atoms with van der Waals surface area (Å²) in [6, 6.07) is 8.41. The second-order valence-corrected chi connectivity index (χ2v) is 4.65. The summed E-state index contributed by atoms with van der Waals surface area (Å²) >= 11 is 0. The van der Waals surface area contributed by atoms with Crippen molar-refractivity contribution >= 4 is 0 Å². The Kier molecular flexibility index (Phi) is 1.92. The Morgan fingerprint density at radius 2 is 1.85 bits per heavy atom. The van der Waals surface area contributed by atoms with Crippen molar-refractivity contribution in [3.05, 3.63) is 35.4 Å². The third kappa shape index (κ3) is 1.49. The lowest BCUT2D eigenvalue weighted by Gasteiger charge is -2.36. The smallest absolute Gasteiger partial charge is 0.0634 e. The first kappa shape index (κ1) is 8.76. The lowest BCUT2D eigenvalue weighted by Crippen LogP contribution is -2.37. The standard InChI is InChI=1S/C12H16O/c1-12(2)8-10-6-4-3-5-9(10)7-11(12)13/h3-6,11,13H,7-8H2,1-2H3/t11-/m1/s1. The first-order valence-electron chi connectivity index (χ1n) is 4.84. The van der Waals surface area contributed by atoms with Gasteiger partial charge in [0.05, 0.1) is 6.10 Å². The first-order chi connectivity index (χ1) is 6.09. The largest absolute Gasteiger partial charge is 0.392 e. The van der Waals surface area contributed by atoms with Crippen LogP contribution in [0.1, 0.15) is 25.0 Å². The second-order valence-electron chi connectivity index (χ2n) is 4.65. The van der Waals surface area contributed by atoms with Crippen LogP contribution in [0.2, 0.25) is 0 Å². The van der Waals surface area contributed by atoms with Crippen molar-refractivity contribution in [1.82, 2.24) is 0 Å². The Balaban J connectivity index is 2.39. The van der Waals surface area contributed by atoms with E-state index in [-0.39, 0.29) is 11.5 Å². The fourth-order valence-corrected chi connectivity index (χ4v) is 2.02. The van der Waals surface area contributed by atoms with Crippen LogP contribution in [0.3, 0.4) is 0 Å². The molecular weight excluding hydrogens is 160 g/mol. The average Bonchev–Trinajstić information content (AvgIpc) is 2.06. The van der Waals surface area contributed by atoms with Gasteiger partial charge in [-0.1, -0.05) is 38.1 Å². The molecule has 1 aliphatic carbocycles. The highest BCUT2D eigenvalue weighted by molar-refractivity contribution is 5.31. The van der Waals surface area contributed by atoms with Crippen LogP contribution >= 0.6 is 0 Å². The zero-order valence-electron chi connectivity index (χ0n) is 8.25. The van der Waals surface area contributed by atoms with E-state index < -0.39 is 0 Å². The number of fused-ring (bicyclic) bond motifs is 1. The molecule has 0 aromatic heterocycles. The van der Waals surface area contributed by atoms with E-state index >= 15 is 0 Å². The van der Waals surface area contributed by atoms with Crippen molar-refractivity contribution in [2.24, 2.45) is 5.41 Å². The Morgan fingerprint density at radius 1 is 1.23 bits per heavy atom. The highest BCUT2D eigenvalue weighted by Gasteiger charge is 2.33. The van der Waals surface area contributed by atoms with E-state index in [0.29, 0.717) is 0 Å². The summed E-state index contributed by atoms with van der Waals surface area (Å²) in [7, 11) is 0. The summed E-state index contributed by atoms with van der Waals surface area (Å²) in [5.41, 5.74) is 2.75. The van der Waals surface area contributed by atoms with E-state index in [1.54, 1.807) is 0 Å². The number of aliphatic hydroxyl groups is 1. The third-order valence-electron chi connectivity index (χ3n) is 3.08. The molecule has 0 saturated heterocycles. The van der Waals surface area contributed by atoms with E-state index in [1.807, 2.05) is 6.07 Å². The van der Waals surface area contributed by atoms with Gasteiger partial charge in [-0.25, -0.2) is 0 Å². The minimum Gasteiger partial charge on any atom is -0.392 e. The summed E-state index contributed by atoms with van der Waals surface area (Å²) in [5, 5.41) is 9.88. The molecule has 70 valence electrons. The van der Waals surface area contributed by atoms with Crippen molar-refractivity contribution in [3.63, 3.8) is 0 Å². The predicted molar refractivity (Wildman–Crippen MR) is 53.6 cm³/mol. The van der Waals surface area contributed by atoms with E-state index in [0.717, 1.165) is 12.8 Å². The molecule has 1 aromatic carbocycles. The van der Waals surface area contributed by atoms with Gasteiger partial charge in [-0.05, 0) is 29.4 Å². The molecule has 1 N–H and O–H groups in total. The van der Waals surface area contributed by atoms with Gasteiger partial charge in [0.25, 0.3) is 0 Å². The number of benzene rings is 1. The quantitative estimate of drug-likeness (QED) is 0.642. The second kappa shape index (κ2) is 2.85. The van der Waals surface area contributed by atoms with Gasteiger partial charge in [0.15, 0.2) is 0 Å². The highest BCUT2D eigenvalue weighted by Crippen LogP contribution is 2.34. The Labute approximate surface area is 79.4 Å². The van der Waals surface area contributed by atoms with Gasteiger partial charge in [-0.3, -0.25) is 0 Å². The average molecular weight is 176 g/mol. The minimum atomic E-state index is -0.192. The molecule has 1 aromatic rings. The maximum Gasteiger partial charge on any atom is 0.0634 e. The zero-order valence-corrected chi connectivity index (χ0v) is 8.25. The van der Waals surface area contributed by atoms with Gasteiger partial charge in [0, 0.05) is 0 Å². The molecule has 1 heteroatoms. The molecule has 0 spiro atoms. The molecule has 0 fully saturated rings. The topological polar surface area (TPSA) is 20.2 Å². The Morgan fingerprint density at radius 3 is 2.54 bits per heavy atom. The number of hydrogen-bond donors (Lipinski definition) is 1. The number of hydrogen-bond acceptors (Lipinski definition) is 1. The molecule has 0 heterocycles. The third-order valence-corrected chi connectivity index (χ3v) is 3.08. The van der Waals surface area contributed by atoms with Crippen LogP contribution in [0.5, 0.6) is 0 Å². The van der Waals surface area contributed by atoms with E-state index in [1.165, 1.54) is 11.1 Å². The maximum atomic E-state index is 9.88. The summed E-state index contributed by atoms with van der Waals surface area (Å²) in [5.74, 6) is 0. The van der Waals surface area contributed by atoms with E-state index in [9.17, 15) is 5.11 Å². The van der Waals surface area contributed by atoms with Crippen molar-refractivity contribution in [2.45, 2.75) is 32.8 Å². The summed E-state index contributed by atoms with van der Waals surface area (Å²) in [6.07, 6.45) is 1.61. The van der Waals surface area contributed by atoms with Gasteiger partial charge in [0.2, 0.25) is 0 Å². The molecule has 0 unspecified atom stereocenters. The zero-order chi connectivity index (χ0) is 9.47. The van der Waals surface area contributed by atoms with Gasteiger partial charge in [0.1, 0.15) is 0 Å². The molecule has 0 amide bonds. The lowest BCUT2D eigenvalue weighted by atomic mass is 9.72. The molecule has 0 bridgehead atoms. The summed E-state index contributed by atoms with van der Waals surface area (Å²) < 4.78 is 0. The maximum absolute atomic E-state index is 9.88. The minimum absolute atomic E-state index is 0.0361.